The van der Waals surface area contributed by atoms with Crippen molar-refractivity contribution < 1.29 is 4.74 Å². The van der Waals surface area contributed by atoms with Gasteiger partial charge in [-0.3, -0.25) is 0 Å². The lowest BCUT2D eigenvalue weighted by molar-refractivity contribution is 0.0856. The summed E-state index contributed by atoms with van der Waals surface area (Å²) in [4.78, 5) is 0. The summed E-state index contributed by atoms with van der Waals surface area (Å²) < 4.78 is 5.34. The van der Waals surface area contributed by atoms with Crippen molar-refractivity contribution in [2.24, 2.45) is 0 Å². The van der Waals surface area contributed by atoms with E-state index in [1.54, 1.807) is 0 Å². The Morgan fingerprint density at radius 3 is 2.67 bits per heavy atom. The Balaban J connectivity index is 3.06. The van der Waals surface area contributed by atoms with Gasteiger partial charge in [0.15, 0.2) is 0 Å². The number of ether oxygens (including phenoxy) is 1. The fourth-order valence-corrected chi connectivity index (χ4v) is 0.434. The highest BCUT2D eigenvalue weighted by molar-refractivity contribution is 4.76. The van der Waals surface area contributed by atoms with Crippen molar-refractivity contribution in [3.05, 3.63) is 12.2 Å². The molecular formula is C8H16O. The highest BCUT2D eigenvalue weighted by atomic mass is 16.5. The third-order valence-electron chi connectivity index (χ3n) is 1.29. The molecule has 0 saturated heterocycles. The first-order valence-corrected chi connectivity index (χ1v) is 3.54. The topological polar surface area (TPSA) is 9.23 Å². The maximum Gasteiger partial charge on any atom is 0.0650 e. The molecule has 54 valence electrons. The van der Waals surface area contributed by atoms with Crippen LogP contribution >= 0.6 is 0 Å². The SMILES string of the molecule is C/C=C\COC(C)CC. The van der Waals surface area contributed by atoms with Gasteiger partial charge in [0, 0.05) is 0 Å². The molecule has 0 rings (SSSR count). The van der Waals surface area contributed by atoms with E-state index in [-0.39, 0.29) is 0 Å². The largest absolute Gasteiger partial charge is 0.374 e. The maximum atomic E-state index is 5.34. The second kappa shape index (κ2) is 5.83. The van der Waals surface area contributed by atoms with Crippen LogP contribution in [0, 0.1) is 0 Å². The third kappa shape index (κ3) is 5.57. The summed E-state index contributed by atoms with van der Waals surface area (Å²) in [6.45, 7) is 6.97. The summed E-state index contributed by atoms with van der Waals surface area (Å²) >= 11 is 0. The van der Waals surface area contributed by atoms with Gasteiger partial charge in [0.25, 0.3) is 0 Å². The third-order valence-corrected chi connectivity index (χ3v) is 1.29. The van der Waals surface area contributed by atoms with Crippen LogP contribution < -0.4 is 0 Å². The molecule has 0 radical (unpaired) electrons. The van der Waals surface area contributed by atoms with Crippen LogP contribution in [0.25, 0.3) is 0 Å². The summed E-state index contributed by atoms with van der Waals surface area (Å²) in [7, 11) is 0. The number of hydrogen-bond donors (Lipinski definition) is 0. The Morgan fingerprint density at radius 2 is 2.22 bits per heavy atom. The fourth-order valence-electron chi connectivity index (χ4n) is 0.434. The molecule has 0 amide bonds. The average Bonchev–Trinajstić information content (AvgIpc) is 1.89. The number of hydrogen-bond acceptors (Lipinski definition) is 1. The standard InChI is InChI=1S/C8H16O/c1-4-6-7-9-8(3)5-2/h4,6,8H,5,7H2,1-3H3/b6-4-. The molecular weight excluding hydrogens is 112 g/mol. The van der Waals surface area contributed by atoms with Gasteiger partial charge in [0.05, 0.1) is 12.7 Å². The van der Waals surface area contributed by atoms with Crippen LogP contribution in [0.4, 0.5) is 0 Å². The lowest BCUT2D eigenvalue weighted by Gasteiger charge is -2.06. The summed E-state index contributed by atoms with van der Waals surface area (Å²) in [6, 6.07) is 0. The van der Waals surface area contributed by atoms with Gasteiger partial charge in [-0.15, -0.1) is 0 Å². The quantitative estimate of drug-likeness (QED) is 0.528. The lowest BCUT2D eigenvalue weighted by Crippen LogP contribution is -2.05. The maximum absolute atomic E-state index is 5.34. The highest BCUT2D eigenvalue weighted by Gasteiger charge is 1.93. The smallest absolute Gasteiger partial charge is 0.0650 e. The van der Waals surface area contributed by atoms with Crippen LogP contribution in [0.3, 0.4) is 0 Å². The molecule has 0 aromatic heterocycles. The van der Waals surface area contributed by atoms with Gasteiger partial charge in [0.2, 0.25) is 0 Å². The molecule has 1 heteroatoms. The molecule has 0 saturated carbocycles. The van der Waals surface area contributed by atoms with Crippen LogP contribution in [0.1, 0.15) is 27.2 Å². The molecule has 1 atom stereocenters. The normalized spacial score (nSPS) is 14.6. The van der Waals surface area contributed by atoms with Gasteiger partial charge < -0.3 is 4.74 Å². The predicted molar refractivity (Wildman–Crippen MR) is 40.5 cm³/mol. The monoisotopic (exact) mass is 128 g/mol. The van der Waals surface area contributed by atoms with Crippen molar-refractivity contribution in [1.29, 1.82) is 0 Å². The van der Waals surface area contributed by atoms with E-state index in [4.69, 9.17) is 4.74 Å². The molecule has 9 heavy (non-hydrogen) atoms. The number of rotatable bonds is 4. The molecule has 0 aromatic carbocycles. The Bertz CT molecular complexity index is 76.6. The van der Waals surface area contributed by atoms with E-state index in [2.05, 4.69) is 13.8 Å². The first kappa shape index (κ1) is 8.70. The van der Waals surface area contributed by atoms with Gasteiger partial charge in [-0.25, -0.2) is 0 Å². The van der Waals surface area contributed by atoms with Gasteiger partial charge in [-0.1, -0.05) is 19.1 Å². The van der Waals surface area contributed by atoms with E-state index in [1.165, 1.54) is 0 Å². The Hall–Kier alpha value is -0.300. The minimum absolute atomic E-state index is 0.404. The molecule has 0 heterocycles. The summed E-state index contributed by atoms with van der Waals surface area (Å²) in [6.07, 6.45) is 5.52. The fraction of sp³-hybridized carbons (Fsp3) is 0.750. The second-order valence-electron chi connectivity index (χ2n) is 2.12. The van der Waals surface area contributed by atoms with Crippen molar-refractivity contribution in [3.63, 3.8) is 0 Å². The molecule has 0 N–H and O–H groups in total. The van der Waals surface area contributed by atoms with Crippen molar-refractivity contribution in [2.45, 2.75) is 33.3 Å². The summed E-state index contributed by atoms with van der Waals surface area (Å²) in [5.41, 5.74) is 0. The minimum atomic E-state index is 0.404. The zero-order valence-corrected chi connectivity index (χ0v) is 6.55. The first-order chi connectivity index (χ1) is 4.31. The predicted octanol–water partition coefficient (Wildman–Crippen LogP) is 2.38. The van der Waals surface area contributed by atoms with Gasteiger partial charge >= 0.3 is 0 Å². The van der Waals surface area contributed by atoms with Crippen molar-refractivity contribution in [1.82, 2.24) is 0 Å². The Labute approximate surface area is 57.7 Å². The van der Waals surface area contributed by atoms with Gasteiger partial charge in [-0.2, -0.15) is 0 Å². The molecule has 0 aliphatic carbocycles. The molecule has 0 aliphatic rings. The summed E-state index contributed by atoms with van der Waals surface area (Å²) in [5.74, 6) is 0. The van der Waals surface area contributed by atoms with Crippen LogP contribution in [-0.2, 0) is 4.74 Å². The van der Waals surface area contributed by atoms with Crippen LogP contribution in [0.5, 0.6) is 0 Å². The summed E-state index contributed by atoms with van der Waals surface area (Å²) in [5, 5.41) is 0. The van der Waals surface area contributed by atoms with Crippen molar-refractivity contribution >= 4 is 0 Å². The van der Waals surface area contributed by atoms with Crippen LogP contribution in [-0.4, -0.2) is 12.7 Å². The van der Waals surface area contributed by atoms with Gasteiger partial charge in [0.1, 0.15) is 0 Å². The molecule has 1 nitrogen and oxygen atoms in total. The van der Waals surface area contributed by atoms with Gasteiger partial charge in [-0.05, 0) is 20.3 Å². The molecule has 0 aromatic rings. The molecule has 0 fully saturated rings. The Kier molecular flexibility index (Phi) is 5.64. The van der Waals surface area contributed by atoms with E-state index < -0.39 is 0 Å². The van der Waals surface area contributed by atoms with E-state index in [0.717, 1.165) is 13.0 Å². The zero-order valence-electron chi connectivity index (χ0n) is 6.55. The minimum Gasteiger partial charge on any atom is -0.374 e. The Morgan fingerprint density at radius 1 is 1.56 bits per heavy atom. The average molecular weight is 128 g/mol. The number of allylic oxidation sites excluding steroid dienone is 1. The van der Waals surface area contributed by atoms with Crippen LogP contribution in [0.15, 0.2) is 12.2 Å². The zero-order chi connectivity index (χ0) is 7.11. The molecule has 0 aliphatic heterocycles. The lowest BCUT2D eigenvalue weighted by atomic mass is 10.3. The van der Waals surface area contributed by atoms with E-state index in [9.17, 15) is 0 Å². The first-order valence-electron chi connectivity index (χ1n) is 3.54. The van der Waals surface area contributed by atoms with E-state index in [0.29, 0.717) is 6.10 Å². The van der Waals surface area contributed by atoms with Crippen molar-refractivity contribution in [2.75, 3.05) is 6.61 Å². The second-order valence-corrected chi connectivity index (χ2v) is 2.12. The highest BCUT2D eigenvalue weighted by Crippen LogP contribution is 1.94. The van der Waals surface area contributed by atoms with E-state index >= 15 is 0 Å². The molecule has 1 unspecified atom stereocenters. The van der Waals surface area contributed by atoms with Crippen molar-refractivity contribution in [3.8, 4) is 0 Å². The molecule has 0 spiro atoms. The van der Waals surface area contributed by atoms with E-state index in [1.807, 2.05) is 19.1 Å². The van der Waals surface area contributed by atoms with Crippen LogP contribution in [0.2, 0.25) is 0 Å². The molecule has 0 bridgehead atoms.